The van der Waals surface area contributed by atoms with Gasteiger partial charge in [-0.05, 0) is 20.3 Å². The molecule has 3 heteroatoms. The molecule has 3 atom stereocenters. The molecular weight excluding hydrogens is 138 g/mol. The van der Waals surface area contributed by atoms with Crippen molar-refractivity contribution in [3.05, 3.63) is 0 Å². The number of ether oxygens (including phenoxy) is 1. The van der Waals surface area contributed by atoms with Crippen LogP contribution in [0.3, 0.4) is 0 Å². The first kappa shape index (κ1) is 9.21. The number of hydrogen-bond donors (Lipinski definition) is 1. The first-order valence-electron chi connectivity index (χ1n) is 3.11. The molecule has 56 valence electrons. The van der Waals surface area contributed by atoms with Gasteiger partial charge in [-0.3, -0.25) is 0 Å². The lowest BCUT2D eigenvalue weighted by molar-refractivity contribution is 0.0637. The zero-order valence-electron chi connectivity index (χ0n) is 5.83. The molecule has 3 unspecified atom stereocenters. The van der Waals surface area contributed by atoms with E-state index in [1.54, 1.807) is 0 Å². The summed E-state index contributed by atoms with van der Waals surface area (Å²) in [4.78, 5) is 0. The van der Waals surface area contributed by atoms with Crippen molar-refractivity contribution in [3.8, 4) is 0 Å². The van der Waals surface area contributed by atoms with Crippen molar-refractivity contribution in [1.82, 2.24) is 0 Å². The van der Waals surface area contributed by atoms with Crippen molar-refractivity contribution in [2.24, 2.45) is 5.73 Å². The Hall–Kier alpha value is 0.210. The molecule has 1 heterocycles. The smallest absolute Gasteiger partial charge is 0.0702 e. The van der Waals surface area contributed by atoms with Gasteiger partial charge in [0.15, 0.2) is 0 Å². The minimum Gasteiger partial charge on any atom is -0.374 e. The Morgan fingerprint density at radius 1 is 1.44 bits per heavy atom. The van der Waals surface area contributed by atoms with Crippen molar-refractivity contribution in [2.45, 2.75) is 38.5 Å². The molecule has 1 fully saturated rings. The van der Waals surface area contributed by atoms with Crippen LogP contribution in [-0.2, 0) is 4.74 Å². The monoisotopic (exact) mass is 151 g/mol. The highest BCUT2D eigenvalue weighted by atomic mass is 35.5. The SMILES string of the molecule is CC1CC(N)C(C)O1.Cl. The van der Waals surface area contributed by atoms with Crippen LogP contribution in [0.1, 0.15) is 20.3 Å². The Bertz CT molecular complexity index is 79.1. The van der Waals surface area contributed by atoms with E-state index >= 15 is 0 Å². The largest absolute Gasteiger partial charge is 0.374 e. The number of nitrogens with two attached hydrogens (primary N) is 1. The third kappa shape index (κ3) is 2.12. The van der Waals surface area contributed by atoms with Crippen LogP contribution in [0.4, 0.5) is 0 Å². The summed E-state index contributed by atoms with van der Waals surface area (Å²) in [6.07, 6.45) is 1.66. The number of halogens is 1. The van der Waals surface area contributed by atoms with E-state index in [2.05, 4.69) is 6.92 Å². The highest BCUT2D eigenvalue weighted by molar-refractivity contribution is 5.85. The standard InChI is InChI=1S/C6H13NO.ClH/c1-4-3-6(7)5(2)8-4;/h4-6H,3,7H2,1-2H3;1H. The van der Waals surface area contributed by atoms with Gasteiger partial charge in [0, 0.05) is 6.04 Å². The Balaban J connectivity index is 0.000000640. The number of hydrogen-bond acceptors (Lipinski definition) is 2. The van der Waals surface area contributed by atoms with E-state index in [0.29, 0.717) is 6.10 Å². The summed E-state index contributed by atoms with van der Waals surface area (Å²) in [7, 11) is 0. The van der Waals surface area contributed by atoms with E-state index in [1.165, 1.54) is 0 Å². The molecule has 1 aliphatic rings. The van der Waals surface area contributed by atoms with Gasteiger partial charge in [-0.2, -0.15) is 0 Å². The lowest BCUT2D eigenvalue weighted by atomic mass is 10.1. The summed E-state index contributed by atoms with van der Waals surface area (Å²) in [5, 5.41) is 0. The molecule has 1 saturated heterocycles. The fraction of sp³-hybridized carbons (Fsp3) is 1.00. The summed E-state index contributed by atoms with van der Waals surface area (Å²) >= 11 is 0. The molecule has 0 saturated carbocycles. The van der Waals surface area contributed by atoms with Crippen LogP contribution in [0.25, 0.3) is 0 Å². The second kappa shape index (κ2) is 3.40. The predicted octanol–water partition coefficient (Wildman–Crippen LogP) is 0.933. The minimum atomic E-state index is 0. The normalized spacial score (nSPS) is 42.3. The van der Waals surface area contributed by atoms with Gasteiger partial charge in [-0.15, -0.1) is 12.4 Å². The lowest BCUT2D eigenvalue weighted by Gasteiger charge is -2.05. The highest BCUT2D eigenvalue weighted by Gasteiger charge is 2.25. The molecular formula is C6H14ClNO. The summed E-state index contributed by atoms with van der Waals surface area (Å²) in [6, 6.07) is 0.269. The minimum absolute atomic E-state index is 0. The first-order chi connectivity index (χ1) is 3.70. The van der Waals surface area contributed by atoms with Gasteiger partial charge < -0.3 is 10.5 Å². The lowest BCUT2D eigenvalue weighted by Crippen LogP contribution is -2.26. The molecule has 1 rings (SSSR count). The maximum absolute atomic E-state index is 5.64. The quantitative estimate of drug-likeness (QED) is 0.559. The summed E-state index contributed by atoms with van der Waals surface area (Å²) in [5.74, 6) is 0. The van der Waals surface area contributed by atoms with Crippen LogP contribution in [0, 0.1) is 0 Å². The average molecular weight is 152 g/mol. The van der Waals surface area contributed by atoms with Gasteiger partial charge in [0.25, 0.3) is 0 Å². The van der Waals surface area contributed by atoms with Crippen LogP contribution < -0.4 is 5.73 Å². The van der Waals surface area contributed by atoms with Gasteiger partial charge >= 0.3 is 0 Å². The second-order valence-corrected chi connectivity index (χ2v) is 2.55. The predicted molar refractivity (Wildman–Crippen MR) is 39.8 cm³/mol. The van der Waals surface area contributed by atoms with Crippen molar-refractivity contribution in [2.75, 3.05) is 0 Å². The van der Waals surface area contributed by atoms with Crippen molar-refractivity contribution in [3.63, 3.8) is 0 Å². The Morgan fingerprint density at radius 3 is 2.11 bits per heavy atom. The fourth-order valence-corrected chi connectivity index (χ4v) is 1.10. The first-order valence-corrected chi connectivity index (χ1v) is 3.11. The molecule has 0 amide bonds. The van der Waals surface area contributed by atoms with E-state index in [9.17, 15) is 0 Å². The van der Waals surface area contributed by atoms with Crippen LogP contribution in [0.15, 0.2) is 0 Å². The van der Waals surface area contributed by atoms with Gasteiger partial charge in [-0.25, -0.2) is 0 Å². The third-order valence-electron chi connectivity index (χ3n) is 1.65. The molecule has 0 aliphatic carbocycles. The van der Waals surface area contributed by atoms with Gasteiger partial charge in [0.1, 0.15) is 0 Å². The van der Waals surface area contributed by atoms with Crippen LogP contribution in [-0.4, -0.2) is 18.2 Å². The molecule has 1 aliphatic heterocycles. The molecule has 0 aromatic heterocycles. The zero-order chi connectivity index (χ0) is 6.15. The molecule has 2 nitrogen and oxygen atoms in total. The van der Waals surface area contributed by atoms with Crippen LogP contribution in [0.2, 0.25) is 0 Å². The fourth-order valence-electron chi connectivity index (χ4n) is 1.10. The topological polar surface area (TPSA) is 35.2 Å². The molecule has 9 heavy (non-hydrogen) atoms. The second-order valence-electron chi connectivity index (χ2n) is 2.55. The summed E-state index contributed by atoms with van der Waals surface area (Å²) < 4.78 is 5.35. The van der Waals surface area contributed by atoms with E-state index in [0.717, 1.165) is 6.42 Å². The Kier molecular flexibility index (Phi) is 3.48. The molecule has 0 spiro atoms. The average Bonchev–Trinajstić information content (AvgIpc) is 1.85. The van der Waals surface area contributed by atoms with E-state index in [-0.39, 0.29) is 24.6 Å². The van der Waals surface area contributed by atoms with Crippen LogP contribution >= 0.6 is 12.4 Å². The molecule has 0 radical (unpaired) electrons. The van der Waals surface area contributed by atoms with Crippen molar-refractivity contribution in [1.29, 1.82) is 0 Å². The third-order valence-corrected chi connectivity index (χ3v) is 1.65. The van der Waals surface area contributed by atoms with Crippen LogP contribution in [0.5, 0.6) is 0 Å². The molecule has 0 bridgehead atoms. The van der Waals surface area contributed by atoms with Crippen molar-refractivity contribution < 1.29 is 4.74 Å². The molecule has 0 aromatic rings. The Morgan fingerprint density at radius 2 is 2.00 bits per heavy atom. The van der Waals surface area contributed by atoms with Gasteiger partial charge in [0.2, 0.25) is 0 Å². The van der Waals surface area contributed by atoms with E-state index in [4.69, 9.17) is 10.5 Å². The van der Waals surface area contributed by atoms with Crippen molar-refractivity contribution >= 4 is 12.4 Å². The van der Waals surface area contributed by atoms with E-state index in [1.807, 2.05) is 6.92 Å². The maximum atomic E-state index is 5.64. The Labute approximate surface area is 62.2 Å². The number of rotatable bonds is 0. The highest BCUT2D eigenvalue weighted by Crippen LogP contribution is 2.16. The maximum Gasteiger partial charge on any atom is 0.0702 e. The summed E-state index contributed by atoms with van der Waals surface area (Å²) in [5.41, 5.74) is 5.64. The zero-order valence-corrected chi connectivity index (χ0v) is 6.65. The molecule has 2 N–H and O–H groups in total. The molecule has 0 aromatic carbocycles. The van der Waals surface area contributed by atoms with Gasteiger partial charge in [-0.1, -0.05) is 0 Å². The van der Waals surface area contributed by atoms with E-state index < -0.39 is 0 Å². The summed E-state index contributed by atoms with van der Waals surface area (Å²) in [6.45, 7) is 4.08. The van der Waals surface area contributed by atoms with Gasteiger partial charge in [0.05, 0.1) is 12.2 Å².